The van der Waals surface area contributed by atoms with Gasteiger partial charge in [-0.2, -0.15) is 0 Å². The van der Waals surface area contributed by atoms with Crippen LogP contribution in [0.2, 0.25) is 0 Å². The van der Waals surface area contributed by atoms with E-state index < -0.39 is 0 Å². The minimum absolute atomic E-state index is 0.463. The molecule has 1 aliphatic heterocycles. The summed E-state index contributed by atoms with van der Waals surface area (Å²) in [5.41, 5.74) is 8.27. The largest absolute Gasteiger partial charge is 0.370 e. The summed E-state index contributed by atoms with van der Waals surface area (Å²) in [6.07, 6.45) is 4.61. The van der Waals surface area contributed by atoms with Crippen molar-refractivity contribution in [1.82, 2.24) is 14.9 Å². The molecule has 3 N–H and O–H groups in total. The predicted octanol–water partition coefficient (Wildman–Crippen LogP) is 1.59. The number of anilines is 2. The van der Waals surface area contributed by atoms with Gasteiger partial charge in [0.15, 0.2) is 5.96 Å². The van der Waals surface area contributed by atoms with E-state index in [0.29, 0.717) is 12.5 Å². The van der Waals surface area contributed by atoms with Crippen LogP contribution in [0.3, 0.4) is 0 Å². The molecule has 7 heteroatoms. The number of nitrogens with one attached hydrogen (secondary N) is 1. The number of nitrogens with two attached hydrogens (primary N) is 1. The predicted molar refractivity (Wildman–Crippen MR) is 107 cm³/mol. The number of aromatic nitrogens is 2. The van der Waals surface area contributed by atoms with Gasteiger partial charge in [0.2, 0.25) is 5.95 Å². The Morgan fingerprint density at radius 1 is 1.12 bits per heavy atom. The highest BCUT2D eigenvalue weighted by Gasteiger charge is 2.18. The fourth-order valence-corrected chi connectivity index (χ4v) is 2.95. The Balaban J connectivity index is 1.39. The molecule has 1 aromatic carbocycles. The first kappa shape index (κ1) is 18.1. The van der Waals surface area contributed by atoms with Crippen molar-refractivity contribution in [3.63, 3.8) is 0 Å². The molecular weight excluding hydrogens is 326 g/mol. The Bertz CT molecular complexity index is 692. The lowest BCUT2D eigenvalue weighted by molar-refractivity contribution is 0.264. The molecule has 138 valence electrons. The van der Waals surface area contributed by atoms with Crippen LogP contribution in [0.25, 0.3) is 0 Å². The minimum Gasteiger partial charge on any atom is -0.370 e. The van der Waals surface area contributed by atoms with E-state index in [0.717, 1.165) is 50.8 Å². The van der Waals surface area contributed by atoms with Crippen molar-refractivity contribution < 1.29 is 0 Å². The molecule has 1 saturated heterocycles. The second kappa shape index (κ2) is 9.15. The SMILES string of the molecule is CCc1ccc(NC(N)=NCCN2CCN(c3ncccn3)CC2)cc1. The van der Waals surface area contributed by atoms with E-state index in [1.165, 1.54) is 5.56 Å². The molecule has 0 aliphatic carbocycles. The van der Waals surface area contributed by atoms with Crippen LogP contribution in [0, 0.1) is 0 Å². The monoisotopic (exact) mass is 353 g/mol. The van der Waals surface area contributed by atoms with E-state index >= 15 is 0 Å². The fraction of sp³-hybridized carbons (Fsp3) is 0.421. The fourth-order valence-electron chi connectivity index (χ4n) is 2.95. The highest BCUT2D eigenvalue weighted by Crippen LogP contribution is 2.10. The van der Waals surface area contributed by atoms with E-state index in [9.17, 15) is 0 Å². The molecule has 7 nitrogen and oxygen atoms in total. The van der Waals surface area contributed by atoms with Gasteiger partial charge in [-0.25, -0.2) is 9.97 Å². The Labute approximate surface area is 155 Å². The Hall–Kier alpha value is -2.67. The normalized spacial score (nSPS) is 15.9. The van der Waals surface area contributed by atoms with Crippen LogP contribution < -0.4 is 16.0 Å². The van der Waals surface area contributed by atoms with Gasteiger partial charge in [0, 0.05) is 50.8 Å². The Morgan fingerprint density at radius 3 is 2.46 bits per heavy atom. The van der Waals surface area contributed by atoms with E-state index in [-0.39, 0.29) is 0 Å². The summed E-state index contributed by atoms with van der Waals surface area (Å²) < 4.78 is 0. The second-order valence-electron chi connectivity index (χ2n) is 6.32. The molecule has 2 heterocycles. The summed E-state index contributed by atoms with van der Waals surface area (Å²) in [4.78, 5) is 17.7. The summed E-state index contributed by atoms with van der Waals surface area (Å²) in [5, 5.41) is 3.14. The van der Waals surface area contributed by atoms with Crippen molar-refractivity contribution in [2.45, 2.75) is 13.3 Å². The van der Waals surface area contributed by atoms with Gasteiger partial charge in [0.25, 0.3) is 0 Å². The first-order valence-corrected chi connectivity index (χ1v) is 9.15. The summed E-state index contributed by atoms with van der Waals surface area (Å²) in [7, 11) is 0. The van der Waals surface area contributed by atoms with Crippen LogP contribution >= 0.6 is 0 Å². The van der Waals surface area contributed by atoms with E-state index in [1.807, 2.05) is 18.2 Å². The average molecular weight is 353 g/mol. The number of rotatable bonds is 6. The average Bonchev–Trinajstić information content (AvgIpc) is 2.70. The van der Waals surface area contributed by atoms with Crippen molar-refractivity contribution in [2.75, 3.05) is 49.5 Å². The van der Waals surface area contributed by atoms with Crippen molar-refractivity contribution in [3.05, 3.63) is 48.3 Å². The maximum atomic E-state index is 5.99. The molecule has 0 bridgehead atoms. The zero-order valence-corrected chi connectivity index (χ0v) is 15.3. The third-order valence-corrected chi connectivity index (χ3v) is 4.54. The van der Waals surface area contributed by atoms with Gasteiger partial charge in [0.1, 0.15) is 0 Å². The molecule has 0 spiro atoms. The zero-order valence-electron chi connectivity index (χ0n) is 15.3. The molecule has 0 atom stereocenters. The summed E-state index contributed by atoms with van der Waals surface area (Å²) >= 11 is 0. The first-order valence-electron chi connectivity index (χ1n) is 9.15. The second-order valence-corrected chi connectivity index (χ2v) is 6.32. The van der Waals surface area contributed by atoms with Crippen LogP contribution in [0.15, 0.2) is 47.7 Å². The highest BCUT2D eigenvalue weighted by atomic mass is 15.3. The number of aryl methyl sites for hydroxylation is 1. The summed E-state index contributed by atoms with van der Waals surface area (Å²) in [6, 6.07) is 10.1. The smallest absolute Gasteiger partial charge is 0.225 e. The number of hydrogen-bond donors (Lipinski definition) is 2. The molecular formula is C19H27N7. The number of piperazine rings is 1. The van der Waals surface area contributed by atoms with Crippen LogP contribution in [0.5, 0.6) is 0 Å². The molecule has 0 radical (unpaired) electrons. The molecule has 2 aromatic rings. The molecule has 0 saturated carbocycles. The lowest BCUT2D eigenvalue weighted by atomic mass is 10.1. The Morgan fingerprint density at radius 2 is 1.81 bits per heavy atom. The van der Waals surface area contributed by atoms with Gasteiger partial charge < -0.3 is 16.0 Å². The van der Waals surface area contributed by atoms with Crippen LogP contribution in [0.4, 0.5) is 11.6 Å². The lowest BCUT2D eigenvalue weighted by Gasteiger charge is -2.34. The van der Waals surface area contributed by atoms with Crippen molar-refractivity contribution in [3.8, 4) is 0 Å². The molecule has 1 aliphatic rings. The molecule has 1 aromatic heterocycles. The van der Waals surface area contributed by atoms with Crippen molar-refractivity contribution in [1.29, 1.82) is 0 Å². The van der Waals surface area contributed by atoms with Gasteiger partial charge in [0.05, 0.1) is 6.54 Å². The summed E-state index contributed by atoms with van der Waals surface area (Å²) in [6.45, 7) is 7.58. The molecule has 3 rings (SSSR count). The minimum atomic E-state index is 0.463. The van der Waals surface area contributed by atoms with E-state index in [4.69, 9.17) is 5.73 Å². The third kappa shape index (κ3) is 5.16. The maximum Gasteiger partial charge on any atom is 0.225 e. The van der Waals surface area contributed by atoms with E-state index in [2.05, 4.69) is 49.1 Å². The molecule has 0 amide bonds. The number of nitrogens with zero attached hydrogens (tertiary/aromatic N) is 5. The summed E-state index contributed by atoms with van der Waals surface area (Å²) in [5.74, 6) is 1.28. The Kier molecular flexibility index (Phi) is 6.38. The highest BCUT2D eigenvalue weighted by molar-refractivity contribution is 5.92. The standard InChI is InChI=1S/C19H27N7/c1-2-16-4-6-17(7-5-16)24-18(20)21-10-11-25-12-14-26(15-13-25)19-22-8-3-9-23-19/h3-9H,2,10-15H2,1H3,(H3,20,21,24). The lowest BCUT2D eigenvalue weighted by Crippen LogP contribution is -2.47. The number of aliphatic imine (C=N–C) groups is 1. The van der Waals surface area contributed by atoms with Gasteiger partial charge in [-0.1, -0.05) is 19.1 Å². The number of benzene rings is 1. The quantitative estimate of drug-likeness (QED) is 0.606. The van der Waals surface area contributed by atoms with Crippen molar-refractivity contribution in [2.24, 2.45) is 10.7 Å². The van der Waals surface area contributed by atoms with Crippen LogP contribution in [0.1, 0.15) is 12.5 Å². The van der Waals surface area contributed by atoms with Gasteiger partial charge in [-0.15, -0.1) is 0 Å². The molecule has 0 unspecified atom stereocenters. The van der Waals surface area contributed by atoms with Gasteiger partial charge in [-0.05, 0) is 30.2 Å². The zero-order chi connectivity index (χ0) is 18.2. The number of guanidine groups is 1. The molecule has 1 fully saturated rings. The van der Waals surface area contributed by atoms with E-state index in [1.54, 1.807) is 12.4 Å². The van der Waals surface area contributed by atoms with Crippen LogP contribution in [-0.2, 0) is 6.42 Å². The third-order valence-electron chi connectivity index (χ3n) is 4.54. The first-order chi connectivity index (χ1) is 12.7. The molecule has 26 heavy (non-hydrogen) atoms. The van der Waals surface area contributed by atoms with Gasteiger partial charge >= 0.3 is 0 Å². The topological polar surface area (TPSA) is 82.7 Å². The number of hydrogen-bond acceptors (Lipinski definition) is 5. The maximum absolute atomic E-state index is 5.99. The van der Waals surface area contributed by atoms with Crippen LogP contribution in [-0.4, -0.2) is 60.1 Å². The van der Waals surface area contributed by atoms with Gasteiger partial charge in [-0.3, -0.25) is 9.89 Å². The van der Waals surface area contributed by atoms with Crippen molar-refractivity contribution >= 4 is 17.6 Å².